The molecule has 0 bridgehead atoms. The quantitative estimate of drug-likeness (QED) is 0.682. The lowest BCUT2D eigenvalue weighted by atomic mass is 10.1. The van der Waals surface area contributed by atoms with E-state index in [1.54, 1.807) is 11.0 Å². The molecule has 0 unspecified atom stereocenters. The van der Waals surface area contributed by atoms with Gasteiger partial charge in [-0.15, -0.1) is 0 Å². The highest BCUT2D eigenvalue weighted by atomic mass is 35.5. The largest absolute Gasteiger partial charge is 0.368 e. The van der Waals surface area contributed by atoms with Crippen molar-refractivity contribution >= 4 is 23.3 Å². The van der Waals surface area contributed by atoms with Gasteiger partial charge in [0.15, 0.2) is 0 Å². The Labute approximate surface area is 181 Å². The van der Waals surface area contributed by atoms with Crippen LogP contribution in [-0.2, 0) is 13.1 Å². The number of hydrogen-bond donors (Lipinski definition) is 1. The van der Waals surface area contributed by atoms with Crippen LogP contribution >= 0.6 is 11.6 Å². The Hall–Kier alpha value is -3.06. The Balaban J connectivity index is 1.25. The minimum absolute atomic E-state index is 0.0239. The van der Waals surface area contributed by atoms with Crippen molar-refractivity contribution in [3.63, 3.8) is 0 Å². The molecule has 8 heteroatoms. The number of rotatable bonds is 5. The normalized spacial score (nSPS) is 14.1. The first kappa shape index (κ1) is 20.2. The third-order valence-electron chi connectivity index (χ3n) is 5.36. The summed E-state index contributed by atoms with van der Waals surface area (Å²) in [6.07, 6.45) is 3.22. The van der Waals surface area contributed by atoms with Crippen molar-refractivity contribution in [1.82, 2.24) is 25.0 Å². The molecule has 2 amide bonds. The number of aryl methyl sites for hydroxylation is 1. The Morgan fingerprint density at radius 1 is 1.07 bits per heavy atom. The van der Waals surface area contributed by atoms with Crippen LogP contribution in [0.4, 0.5) is 10.5 Å². The summed E-state index contributed by atoms with van der Waals surface area (Å²) in [4.78, 5) is 20.7. The monoisotopic (exact) mass is 424 g/mol. The predicted octanol–water partition coefficient (Wildman–Crippen LogP) is 3.32. The van der Waals surface area contributed by atoms with Crippen molar-refractivity contribution in [2.45, 2.75) is 20.0 Å². The number of aromatic nitrogens is 3. The van der Waals surface area contributed by atoms with Crippen LogP contribution in [0.5, 0.6) is 0 Å². The molecule has 7 nitrogen and oxygen atoms in total. The van der Waals surface area contributed by atoms with Gasteiger partial charge in [0, 0.05) is 43.4 Å². The van der Waals surface area contributed by atoms with Gasteiger partial charge in [0.1, 0.15) is 12.7 Å². The van der Waals surface area contributed by atoms with Gasteiger partial charge in [-0.25, -0.2) is 14.5 Å². The summed E-state index contributed by atoms with van der Waals surface area (Å²) in [6, 6.07) is 14.1. The molecule has 30 heavy (non-hydrogen) atoms. The summed E-state index contributed by atoms with van der Waals surface area (Å²) >= 11 is 6.15. The van der Waals surface area contributed by atoms with E-state index in [0.717, 1.165) is 34.9 Å². The molecule has 1 N–H and O–H groups in total. The number of urea groups is 1. The summed E-state index contributed by atoms with van der Waals surface area (Å²) in [6.45, 7) is 6.25. The van der Waals surface area contributed by atoms with Crippen molar-refractivity contribution < 1.29 is 4.79 Å². The summed E-state index contributed by atoms with van der Waals surface area (Å²) in [5.74, 6) is 0. The van der Waals surface area contributed by atoms with Crippen molar-refractivity contribution in [2.24, 2.45) is 0 Å². The first-order valence-corrected chi connectivity index (χ1v) is 10.4. The molecule has 0 saturated carbocycles. The molecule has 0 atom stereocenters. The molecule has 1 fully saturated rings. The standard InChI is InChI=1S/C22H25ClN6O/c1-17-2-7-20(23)12-21(17)27-8-10-28(11-9-27)22(30)25-13-18-3-5-19(6-4-18)14-29-16-24-15-26-29/h2-7,12,15-16H,8-11,13-14H2,1H3,(H,25,30). The Kier molecular flexibility index (Phi) is 6.18. The van der Waals surface area contributed by atoms with Crippen molar-refractivity contribution in [3.8, 4) is 0 Å². The lowest BCUT2D eigenvalue weighted by molar-refractivity contribution is 0.194. The van der Waals surface area contributed by atoms with Gasteiger partial charge in [-0.2, -0.15) is 5.10 Å². The van der Waals surface area contributed by atoms with E-state index >= 15 is 0 Å². The van der Waals surface area contributed by atoms with Crippen LogP contribution < -0.4 is 10.2 Å². The summed E-state index contributed by atoms with van der Waals surface area (Å²) in [7, 11) is 0. The van der Waals surface area contributed by atoms with E-state index in [0.29, 0.717) is 26.2 Å². The maximum atomic E-state index is 12.6. The van der Waals surface area contributed by atoms with Crippen molar-refractivity contribution in [1.29, 1.82) is 0 Å². The summed E-state index contributed by atoms with van der Waals surface area (Å²) in [5, 5.41) is 7.88. The highest BCUT2D eigenvalue weighted by Gasteiger charge is 2.22. The molecule has 1 aliphatic heterocycles. The van der Waals surface area contributed by atoms with Gasteiger partial charge in [-0.05, 0) is 35.7 Å². The highest BCUT2D eigenvalue weighted by Crippen LogP contribution is 2.25. The molecule has 1 aromatic heterocycles. The van der Waals surface area contributed by atoms with Gasteiger partial charge in [0.2, 0.25) is 0 Å². The van der Waals surface area contributed by atoms with Crippen LogP contribution in [0.1, 0.15) is 16.7 Å². The van der Waals surface area contributed by atoms with Crippen LogP contribution in [0.3, 0.4) is 0 Å². The van der Waals surface area contributed by atoms with Crippen LogP contribution in [-0.4, -0.2) is 51.9 Å². The van der Waals surface area contributed by atoms with E-state index in [4.69, 9.17) is 11.6 Å². The van der Waals surface area contributed by atoms with E-state index in [-0.39, 0.29) is 6.03 Å². The number of carbonyl (C=O) groups excluding carboxylic acids is 1. The van der Waals surface area contributed by atoms with Crippen LogP contribution in [0.15, 0.2) is 55.1 Å². The van der Waals surface area contributed by atoms with Crippen molar-refractivity contribution in [2.75, 3.05) is 31.1 Å². The van der Waals surface area contributed by atoms with Gasteiger partial charge >= 0.3 is 6.03 Å². The molecule has 3 aromatic rings. The molecule has 1 saturated heterocycles. The lowest BCUT2D eigenvalue weighted by Crippen LogP contribution is -2.51. The number of halogens is 1. The van der Waals surface area contributed by atoms with E-state index in [1.165, 1.54) is 11.9 Å². The predicted molar refractivity (Wildman–Crippen MR) is 118 cm³/mol. The fourth-order valence-electron chi connectivity index (χ4n) is 3.63. The molecule has 2 aromatic carbocycles. The van der Waals surface area contributed by atoms with Crippen LogP contribution in [0.25, 0.3) is 0 Å². The Morgan fingerprint density at radius 2 is 1.80 bits per heavy atom. The second-order valence-electron chi connectivity index (χ2n) is 7.47. The number of amides is 2. The zero-order valence-corrected chi connectivity index (χ0v) is 17.7. The Bertz CT molecular complexity index is 981. The minimum Gasteiger partial charge on any atom is -0.368 e. The number of piperazine rings is 1. The first-order chi connectivity index (χ1) is 14.6. The summed E-state index contributed by atoms with van der Waals surface area (Å²) in [5.41, 5.74) is 4.56. The summed E-state index contributed by atoms with van der Waals surface area (Å²) < 4.78 is 1.78. The van der Waals surface area contributed by atoms with E-state index in [1.807, 2.05) is 35.2 Å². The van der Waals surface area contributed by atoms with Crippen molar-refractivity contribution in [3.05, 3.63) is 76.8 Å². The van der Waals surface area contributed by atoms with Gasteiger partial charge in [0.05, 0.1) is 6.54 Å². The minimum atomic E-state index is -0.0239. The third kappa shape index (κ3) is 4.91. The third-order valence-corrected chi connectivity index (χ3v) is 5.59. The van der Waals surface area contributed by atoms with Gasteiger partial charge in [0.25, 0.3) is 0 Å². The zero-order valence-electron chi connectivity index (χ0n) is 17.0. The molecule has 0 spiro atoms. The number of nitrogens with zero attached hydrogens (tertiary/aromatic N) is 5. The number of anilines is 1. The molecule has 156 valence electrons. The molecular weight excluding hydrogens is 400 g/mol. The van der Waals surface area contributed by atoms with E-state index in [2.05, 4.69) is 39.4 Å². The molecule has 0 aliphatic carbocycles. The highest BCUT2D eigenvalue weighted by molar-refractivity contribution is 6.30. The van der Waals surface area contributed by atoms with E-state index < -0.39 is 0 Å². The topological polar surface area (TPSA) is 66.3 Å². The molecule has 1 aliphatic rings. The van der Waals surface area contributed by atoms with Crippen LogP contribution in [0.2, 0.25) is 5.02 Å². The Morgan fingerprint density at radius 3 is 2.50 bits per heavy atom. The van der Waals surface area contributed by atoms with Crippen LogP contribution in [0, 0.1) is 6.92 Å². The number of hydrogen-bond acceptors (Lipinski definition) is 4. The number of carbonyl (C=O) groups is 1. The fraction of sp³-hybridized carbons (Fsp3) is 0.318. The second kappa shape index (κ2) is 9.17. The maximum absolute atomic E-state index is 12.6. The maximum Gasteiger partial charge on any atom is 0.317 e. The average Bonchev–Trinajstić information content (AvgIpc) is 3.28. The molecule has 0 radical (unpaired) electrons. The van der Waals surface area contributed by atoms with E-state index in [9.17, 15) is 4.79 Å². The lowest BCUT2D eigenvalue weighted by Gasteiger charge is -2.36. The smallest absolute Gasteiger partial charge is 0.317 e. The van der Waals surface area contributed by atoms with Gasteiger partial charge in [-0.1, -0.05) is 41.9 Å². The molecular formula is C22H25ClN6O. The number of benzene rings is 2. The zero-order chi connectivity index (χ0) is 20.9. The fourth-order valence-corrected chi connectivity index (χ4v) is 3.79. The van der Waals surface area contributed by atoms with Gasteiger partial charge < -0.3 is 15.1 Å². The molecule has 4 rings (SSSR count). The second-order valence-corrected chi connectivity index (χ2v) is 7.91. The molecule has 2 heterocycles. The average molecular weight is 425 g/mol. The SMILES string of the molecule is Cc1ccc(Cl)cc1N1CCN(C(=O)NCc2ccc(Cn3cncn3)cc2)CC1. The number of nitrogens with one attached hydrogen (secondary N) is 1. The van der Waals surface area contributed by atoms with Gasteiger partial charge in [-0.3, -0.25) is 0 Å². The first-order valence-electron chi connectivity index (χ1n) is 10.0.